The number of aryl methyl sites for hydroxylation is 1. The molecule has 0 aromatic carbocycles. The number of rotatable bonds is 0. The Morgan fingerprint density at radius 1 is 1.33 bits per heavy atom. The number of thiophene rings is 1. The van der Waals surface area contributed by atoms with E-state index in [0.717, 1.165) is 43.4 Å². The quantitative estimate of drug-likeness (QED) is 0.721. The SMILES string of the molecule is Cc1cc2c(s1)NC1=CC=C=C=C1N=C2N1CCNCC1. The second-order valence-electron chi connectivity index (χ2n) is 5.26. The molecule has 1 aliphatic carbocycles. The molecule has 3 aliphatic rings. The molecule has 0 saturated carbocycles. The lowest BCUT2D eigenvalue weighted by molar-refractivity contribution is 0.358. The van der Waals surface area contributed by atoms with E-state index < -0.39 is 0 Å². The van der Waals surface area contributed by atoms with Gasteiger partial charge in [-0.25, -0.2) is 4.99 Å². The largest absolute Gasteiger partial charge is 0.353 e. The van der Waals surface area contributed by atoms with Crippen LogP contribution in [0.1, 0.15) is 10.4 Å². The summed E-state index contributed by atoms with van der Waals surface area (Å²) in [5, 5.41) is 8.07. The monoisotopic (exact) mass is 296 g/mol. The number of allylic oxidation sites excluding steroid dienone is 2. The number of nitrogens with one attached hydrogen (secondary N) is 2. The molecule has 2 N–H and O–H groups in total. The van der Waals surface area contributed by atoms with Gasteiger partial charge in [0.2, 0.25) is 0 Å². The number of aliphatic imine (C=N–C) groups is 1. The highest BCUT2D eigenvalue weighted by Gasteiger charge is 2.25. The molecule has 1 saturated heterocycles. The fourth-order valence-electron chi connectivity index (χ4n) is 2.75. The van der Waals surface area contributed by atoms with Gasteiger partial charge in [0.1, 0.15) is 16.5 Å². The second-order valence-corrected chi connectivity index (χ2v) is 6.52. The summed E-state index contributed by atoms with van der Waals surface area (Å²) in [6, 6.07) is 2.23. The van der Waals surface area contributed by atoms with E-state index in [1.807, 2.05) is 12.2 Å². The van der Waals surface area contributed by atoms with Crippen LogP contribution in [0, 0.1) is 6.92 Å². The van der Waals surface area contributed by atoms with Crippen molar-refractivity contribution in [3.05, 3.63) is 51.5 Å². The Balaban J connectivity index is 1.87. The van der Waals surface area contributed by atoms with Crippen LogP contribution < -0.4 is 10.6 Å². The van der Waals surface area contributed by atoms with Gasteiger partial charge >= 0.3 is 0 Å². The number of nitrogens with zero attached hydrogens (tertiary/aromatic N) is 2. The zero-order valence-electron chi connectivity index (χ0n) is 11.9. The minimum absolute atomic E-state index is 0.840. The molecule has 0 radical (unpaired) electrons. The highest BCUT2D eigenvalue weighted by atomic mass is 32.1. The van der Waals surface area contributed by atoms with E-state index in [2.05, 4.69) is 40.0 Å². The van der Waals surface area contributed by atoms with Crippen molar-refractivity contribution in [2.75, 3.05) is 31.5 Å². The molecule has 0 unspecified atom stereocenters. The van der Waals surface area contributed by atoms with Gasteiger partial charge in [0.15, 0.2) is 0 Å². The van der Waals surface area contributed by atoms with E-state index in [1.165, 1.54) is 15.4 Å². The zero-order chi connectivity index (χ0) is 14.2. The van der Waals surface area contributed by atoms with Crippen molar-refractivity contribution < 1.29 is 0 Å². The van der Waals surface area contributed by atoms with Crippen LogP contribution in [-0.4, -0.2) is 36.9 Å². The summed E-state index contributed by atoms with van der Waals surface area (Å²) in [5.74, 6) is 1.05. The topological polar surface area (TPSA) is 39.7 Å². The minimum Gasteiger partial charge on any atom is -0.353 e. The Hall–Kier alpha value is -2.03. The lowest BCUT2D eigenvalue weighted by Gasteiger charge is -2.30. The van der Waals surface area contributed by atoms with Crippen LogP contribution in [0.25, 0.3) is 0 Å². The van der Waals surface area contributed by atoms with E-state index in [1.54, 1.807) is 11.3 Å². The van der Waals surface area contributed by atoms with Gasteiger partial charge in [-0.15, -0.1) is 11.3 Å². The first-order valence-corrected chi connectivity index (χ1v) is 7.97. The van der Waals surface area contributed by atoms with Crippen molar-refractivity contribution in [1.82, 2.24) is 10.2 Å². The van der Waals surface area contributed by atoms with Crippen molar-refractivity contribution in [1.29, 1.82) is 0 Å². The van der Waals surface area contributed by atoms with Crippen molar-refractivity contribution >= 4 is 22.2 Å². The highest BCUT2D eigenvalue weighted by molar-refractivity contribution is 7.16. The predicted molar refractivity (Wildman–Crippen MR) is 86.9 cm³/mol. The number of hydrogen-bond acceptors (Lipinski definition) is 5. The van der Waals surface area contributed by atoms with Crippen LogP contribution in [0.5, 0.6) is 0 Å². The third kappa shape index (κ3) is 2.27. The highest BCUT2D eigenvalue weighted by Crippen LogP contribution is 2.34. The standard InChI is InChI=1S/C16H16N4S/c1-11-10-12-15(20-8-6-17-7-9-20)18-13-4-2-3-5-14(13)19-16(12)21-11/h3,5,10,17,19H,6-9H2,1H3. The van der Waals surface area contributed by atoms with Crippen LogP contribution in [0.15, 0.2) is 46.1 Å². The molecule has 3 heterocycles. The second kappa shape index (κ2) is 5.06. The molecule has 21 heavy (non-hydrogen) atoms. The lowest BCUT2D eigenvalue weighted by atomic mass is 10.2. The van der Waals surface area contributed by atoms with Crippen molar-refractivity contribution in [2.45, 2.75) is 6.92 Å². The van der Waals surface area contributed by atoms with Gasteiger partial charge in [-0.05, 0) is 30.9 Å². The number of hydrogen-bond donors (Lipinski definition) is 2. The number of fused-ring (bicyclic) bond motifs is 2. The molecule has 1 fully saturated rings. The smallest absolute Gasteiger partial charge is 0.140 e. The van der Waals surface area contributed by atoms with Crippen molar-refractivity contribution in [3.8, 4) is 0 Å². The van der Waals surface area contributed by atoms with E-state index in [9.17, 15) is 0 Å². The molecule has 0 bridgehead atoms. The van der Waals surface area contributed by atoms with Gasteiger partial charge in [-0.1, -0.05) is 5.73 Å². The molecular formula is C16H16N4S. The van der Waals surface area contributed by atoms with E-state index in [-0.39, 0.29) is 0 Å². The number of piperazine rings is 1. The molecule has 106 valence electrons. The molecule has 5 heteroatoms. The first-order valence-electron chi connectivity index (χ1n) is 7.16. The van der Waals surface area contributed by atoms with Crippen molar-refractivity contribution in [3.63, 3.8) is 0 Å². The molecule has 1 aromatic rings. The predicted octanol–water partition coefficient (Wildman–Crippen LogP) is 2.23. The van der Waals surface area contributed by atoms with E-state index in [4.69, 9.17) is 4.99 Å². The van der Waals surface area contributed by atoms with Gasteiger partial charge in [0.05, 0.1) is 11.3 Å². The van der Waals surface area contributed by atoms with Crippen LogP contribution in [-0.2, 0) is 0 Å². The Kier molecular flexibility index (Phi) is 3.06. The van der Waals surface area contributed by atoms with Gasteiger partial charge in [-0.3, -0.25) is 0 Å². The molecule has 4 rings (SSSR count). The molecular weight excluding hydrogens is 280 g/mol. The van der Waals surface area contributed by atoms with Crippen LogP contribution >= 0.6 is 11.3 Å². The summed E-state index contributed by atoms with van der Waals surface area (Å²) in [4.78, 5) is 8.55. The first-order chi connectivity index (χ1) is 10.3. The Morgan fingerprint density at radius 2 is 2.19 bits per heavy atom. The average molecular weight is 296 g/mol. The van der Waals surface area contributed by atoms with E-state index >= 15 is 0 Å². The van der Waals surface area contributed by atoms with Crippen LogP contribution in [0.3, 0.4) is 0 Å². The van der Waals surface area contributed by atoms with Gasteiger partial charge in [0, 0.05) is 31.1 Å². The third-order valence-electron chi connectivity index (χ3n) is 3.76. The molecule has 0 atom stereocenters. The molecule has 0 spiro atoms. The first kappa shape index (κ1) is 12.7. The Morgan fingerprint density at radius 3 is 3.05 bits per heavy atom. The van der Waals surface area contributed by atoms with Gasteiger partial charge < -0.3 is 15.5 Å². The molecule has 2 aliphatic heterocycles. The molecule has 4 nitrogen and oxygen atoms in total. The summed E-state index contributed by atoms with van der Waals surface area (Å²) in [5.41, 5.74) is 9.17. The minimum atomic E-state index is 0.840. The molecule has 1 aromatic heterocycles. The fraction of sp³-hybridized carbons (Fsp3) is 0.312. The molecule has 0 amide bonds. The Labute approximate surface area is 127 Å². The van der Waals surface area contributed by atoms with Crippen LogP contribution in [0.4, 0.5) is 5.00 Å². The summed E-state index contributed by atoms with van der Waals surface area (Å²) in [7, 11) is 0. The fourth-order valence-corrected chi connectivity index (χ4v) is 3.67. The van der Waals surface area contributed by atoms with Crippen molar-refractivity contribution in [2.24, 2.45) is 4.99 Å². The van der Waals surface area contributed by atoms with Gasteiger partial charge in [-0.2, -0.15) is 0 Å². The number of anilines is 1. The normalized spacial score (nSPS) is 19.9. The zero-order valence-corrected chi connectivity index (χ0v) is 12.7. The maximum Gasteiger partial charge on any atom is 0.140 e. The van der Waals surface area contributed by atoms with Gasteiger partial charge in [0.25, 0.3) is 0 Å². The summed E-state index contributed by atoms with van der Waals surface area (Å²) in [6.45, 7) is 6.12. The summed E-state index contributed by atoms with van der Waals surface area (Å²) < 4.78 is 0. The van der Waals surface area contributed by atoms with Crippen LogP contribution in [0.2, 0.25) is 0 Å². The third-order valence-corrected chi connectivity index (χ3v) is 4.72. The number of amidine groups is 1. The Bertz CT molecular complexity index is 749. The average Bonchev–Trinajstić information content (AvgIpc) is 2.80. The van der Waals surface area contributed by atoms with E-state index in [0.29, 0.717) is 0 Å². The summed E-state index contributed by atoms with van der Waals surface area (Å²) in [6.07, 6.45) is 3.88. The summed E-state index contributed by atoms with van der Waals surface area (Å²) >= 11 is 1.78. The lowest BCUT2D eigenvalue weighted by Crippen LogP contribution is -2.46. The maximum atomic E-state index is 4.89. The maximum absolute atomic E-state index is 4.89.